The lowest BCUT2D eigenvalue weighted by molar-refractivity contribution is -0.175. The second-order valence-electron chi connectivity index (χ2n) is 5.69. The van der Waals surface area contributed by atoms with Gasteiger partial charge in [0.2, 0.25) is 5.91 Å². The van der Waals surface area contributed by atoms with Crippen LogP contribution in [0.5, 0.6) is 0 Å². The molecule has 0 radical (unpaired) electrons. The Bertz CT molecular complexity index is 687. The van der Waals surface area contributed by atoms with Crippen LogP contribution in [-0.4, -0.2) is 37.2 Å². The molecule has 0 saturated heterocycles. The molecule has 0 fully saturated rings. The van der Waals surface area contributed by atoms with Crippen LogP contribution in [0, 0.1) is 0 Å². The summed E-state index contributed by atoms with van der Waals surface area (Å²) in [6, 6.07) is 17.5. The van der Waals surface area contributed by atoms with Crippen LogP contribution in [0.25, 0.3) is 11.1 Å². The largest absolute Gasteiger partial charge is 0.411 e. The second-order valence-corrected chi connectivity index (χ2v) is 5.69. The maximum atomic E-state index is 12.1. The van der Waals surface area contributed by atoms with E-state index in [-0.39, 0.29) is 18.9 Å². The van der Waals surface area contributed by atoms with Crippen molar-refractivity contribution in [2.45, 2.75) is 19.1 Å². The molecule has 0 bridgehead atoms. The molecular formula is C19H20F3NO2. The molecule has 2 aromatic rings. The first-order valence-corrected chi connectivity index (χ1v) is 7.88. The van der Waals surface area contributed by atoms with Crippen molar-refractivity contribution in [2.24, 2.45) is 0 Å². The highest BCUT2D eigenvalue weighted by Gasteiger charge is 2.27. The molecule has 0 aromatic heterocycles. The van der Waals surface area contributed by atoms with Crippen molar-refractivity contribution in [3.63, 3.8) is 0 Å². The van der Waals surface area contributed by atoms with E-state index in [1.807, 2.05) is 54.6 Å². The van der Waals surface area contributed by atoms with Gasteiger partial charge in [-0.2, -0.15) is 13.2 Å². The van der Waals surface area contributed by atoms with Gasteiger partial charge in [-0.3, -0.25) is 4.79 Å². The Morgan fingerprint density at radius 3 is 2.36 bits per heavy atom. The van der Waals surface area contributed by atoms with Gasteiger partial charge in [0.1, 0.15) is 6.61 Å². The number of rotatable bonds is 7. The summed E-state index contributed by atoms with van der Waals surface area (Å²) in [7, 11) is 1.63. The summed E-state index contributed by atoms with van der Waals surface area (Å²) in [4.78, 5) is 13.6. The van der Waals surface area contributed by atoms with Crippen LogP contribution in [0.1, 0.15) is 12.0 Å². The summed E-state index contributed by atoms with van der Waals surface area (Å²) in [6.07, 6.45) is -4.45. The minimum Gasteiger partial charge on any atom is -0.372 e. The van der Waals surface area contributed by atoms with E-state index in [0.717, 1.165) is 16.7 Å². The van der Waals surface area contributed by atoms with E-state index in [9.17, 15) is 18.0 Å². The lowest BCUT2D eigenvalue weighted by Gasteiger charge is -2.19. The number of hydrogen-bond donors (Lipinski definition) is 0. The molecule has 0 aliphatic carbocycles. The minimum atomic E-state index is -4.37. The van der Waals surface area contributed by atoms with Crippen molar-refractivity contribution in [1.29, 1.82) is 0 Å². The monoisotopic (exact) mass is 351 g/mol. The van der Waals surface area contributed by atoms with Gasteiger partial charge in [0, 0.05) is 13.6 Å². The van der Waals surface area contributed by atoms with E-state index in [2.05, 4.69) is 4.74 Å². The molecule has 0 N–H and O–H groups in total. The maximum Gasteiger partial charge on any atom is 0.411 e. The lowest BCUT2D eigenvalue weighted by atomic mass is 9.99. The topological polar surface area (TPSA) is 29.5 Å². The van der Waals surface area contributed by atoms with E-state index >= 15 is 0 Å². The number of alkyl halides is 3. The zero-order valence-electron chi connectivity index (χ0n) is 13.9. The fourth-order valence-electron chi connectivity index (χ4n) is 2.44. The van der Waals surface area contributed by atoms with Crippen LogP contribution in [0.2, 0.25) is 0 Å². The number of ether oxygens (including phenoxy) is 1. The van der Waals surface area contributed by atoms with Crippen molar-refractivity contribution < 1.29 is 22.7 Å². The van der Waals surface area contributed by atoms with Gasteiger partial charge in [0.25, 0.3) is 0 Å². The van der Waals surface area contributed by atoms with Gasteiger partial charge >= 0.3 is 6.18 Å². The third-order valence-corrected chi connectivity index (χ3v) is 3.66. The Labute approximate surface area is 145 Å². The number of amides is 1. The van der Waals surface area contributed by atoms with Crippen molar-refractivity contribution in [1.82, 2.24) is 4.90 Å². The minimum absolute atomic E-state index is 0.0833. The highest BCUT2D eigenvalue weighted by molar-refractivity contribution is 5.76. The molecular weight excluding hydrogens is 331 g/mol. The third-order valence-electron chi connectivity index (χ3n) is 3.66. The summed E-state index contributed by atoms with van der Waals surface area (Å²) in [5, 5.41) is 0. The molecule has 0 saturated carbocycles. The van der Waals surface area contributed by atoms with Crippen LogP contribution in [0.15, 0.2) is 54.6 Å². The summed E-state index contributed by atoms with van der Waals surface area (Å²) in [5.41, 5.74) is 3.05. The van der Waals surface area contributed by atoms with Gasteiger partial charge in [-0.1, -0.05) is 54.6 Å². The molecule has 3 nitrogen and oxygen atoms in total. The van der Waals surface area contributed by atoms with Crippen molar-refractivity contribution >= 4 is 5.91 Å². The number of benzene rings is 2. The lowest BCUT2D eigenvalue weighted by Crippen LogP contribution is -2.28. The summed E-state index contributed by atoms with van der Waals surface area (Å²) in [6.45, 7) is -1.20. The predicted molar refractivity (Wildman–Crippen MR) is 89.8 cm³/mol. The van der Waals surface area contributed by atoms with Crippen LogP contribution in [-0.2, 0) is 16.1 Å². The molecule has 0 aliphatic rings. The average Bonchev–Trinajstić information content (AvgIpc) is 2.59. The van der Waals surface area contributed by atoms with Crippen LogP contribution >= 0.6 is 0 Å². The first-order chi connectivity index (χ1) is 11.9. The number of halogens is 3. The summed E-state index contributed by atoms with van der Waals surface area (Å²) < 4.78 is 40.5. The van der Waals surface area contributed by atoms with Crippen LogP contribution in [0.4, 0.5) is 13.2 Å². The Kier molecular flexibility index (Phi) is 6.58. The first kappa shape index (κ1) is 19.0. The highest BCUT2D eigenvalue weighted by atomic mass is 19.4. The highest BCUT2D eigenvalue weighted by Crippen LogP contribution is 2.24. The quantitative estimate of drug-likeness (QED) is 0.697. The molecule has 2 rings (SSSR count). The Morgan fingerprint density at radius 1 is 1.04 bits per heavy atom. The molecule has 2 aromatic carbocycles. The predicted octanol–water partition coefficient (Wildman–Crippen LogP) is 4.28. The molecule has 0 heterocycles. The second kappa shape index (κ2) is 8.67. The molecule has 25 heavy (non-hydrogen) atoms. The van der Waals surface area contributed by atoms with E-state index in [0.29, 0.717) is 6.54 Å². The van der Waals surface area contributed by atoms with Crippen molar-refractivity contribution in [2.75, 3.05) is 20.3 Å². The number of carbonyl (C=O) groups excluding carboxylic acids is 1. The SMILES string of the molecule is CN(Cc1ccccc1-c1ccccc1)C(=O)CCOCC(F)(F)F. The van der Waals surface area contributed by atoms with Crippen molar-refractivity contribution in [3.8, 4) is 11.1 Å². The Hall–Kier alpha value is -2.34. The van der Waals surface area contributed by atoms with E-state index in [1.165, 1.54) is 4.90 Å². The van der Waals surface area contributed by atoms with Gasteiger partial charge in [0.05, 0.1) is 13.0 Å². The van der Waals surface area contributed by atoms with Crippen molar-refractivity contribution in [3.05, 3.63) is 60.2 Å². The van der Waals surface area contributed by atoms with Crippen LogP contribution < -0.4 is 0 Å². The summed E-state index contributed by atoms with van der Waals surface area (Å²) >= 11 is 0. The summed E-state index contributed by atoms with van der Waals surface area (Å²) in [5.74, 6) is -0.259. The Morgan fingerprint density at radius 2 is 1.68 bits per heavy atom. The number of nitrogens with zero attached hydrogens (tertiary/aromatic N) is 1. The van der Waals surface area contributed by atoms with Gasteiger partial charge in [-0.25, -0.2) is 0 Å². The fourth-order valence-corrected chi connectivity index (χ4v) is 2.44. The van der Waals surface area contributed by atoms with E-state index < -0.39 is 12.8 Å². The Balaban J connectivity index is 1.94. The number of carbonyl (C=O) groups is 1. The third kappa shape index (κ3) is 6.23. The fraction of sp³-hybridized carbons (Fsp3) is 0.316. The van der Waals surface area contributed by atoms with Gasteiger partial charge in [0.15, 0.2) is 0 Å². The number of hydrogen-bond acceptors (Lipinski definition) is 2. The zero-order chi connectivity index (χ0) is 18.3. The molecule has 0 spiro atoms. The molecule has 0 unspecified atom stereocenters. The molecule has 0 aliphatic heterocycles. The first-order valence-electron chi connectivity index (χ1n) is 7.88. The van der Waals surface area contributed by atoms with Gasteiger partial charge < -0.3 is 9.64 Å². The van der Waals surface area contributed by atoms with Gasteiger partial charge in [-0.15, -0.1) is 0 Å². The molecule has 6 heteroatoms. The van der Waals surface area contributed by atoms with E-state index in [4.69, 9.17) is 0 Å². The van der Waals surface area contributed by atoms with E-state index in [1.54, 1.807) is 7.05 Å². The molecule has 134 valence electrons. The normalized spacial score (nSPS) is 11.4. The smallest absolute Gasteiger partial charge is 0.372 e. The van der Waals surface area contributed by atoms with Gasteiger partial charge in [-0.05, 0) is 16.7 Å². The standard InChI is InChI=1S/C19H20F3NO2/c1-23(18(24)11-12-25-14-19(20,21)22)13-16-9-5-6-10-17(16)15-7-3-2-4-8-15/h2-10H,11-14H2,1H3. The molecule has 0 atom stereocenters. The maximum absolute atomic E-state index is 12.1. The molecule has 1 amide bonds. The zero-order valence-corrected chi connectivity index (χ0v) is 13.9. The van der Waals surface area contributed by atoms with Crippen LogP contribution in [0.3, 0.4) is 0 Å². The average molecular weight is 351 g/mol.